The molecule has 0 aliphatic heterocycles. The van der Waals surface area contributed by atoms with Crippen LogP contribution in [0.25, 0.3) is 0 Å². The van der Waals surface area contributed by atoms with Gasteiger partial charge in [0.2, 0.25) is 0 Å². The molecule has 0 spiro atoms. The second kappa shape index (κ2) is 4.23. The molecule has 1 heterocycles. The molecule has 11 heavy (non-hydrogen) atoms. The van der Waals surface area contributed by atoms with Crippen LogP contribution >= 0.6 is 11.8 Å². The van der Waals surface area contributed by atoms with Crippen LogP contribution in [0.3, 0.4) is 0 Å². The van der Waals surface area contributed by atoms with Crippen molar-refractivity contribution in [2.24, 2.45) is 0 Å². The molecule has 1 aromatic heterocycles. The molecule has 0 N–H and O–H groups in total. The van der Waals surface area contributed by atoms with Gasteiger partial charge in [-0.1, -0.05) is 0 Å². The first-order valence-corrected chi connectivity index (χ1v) is 4.87. The summed E-state index contributed by atoms with van der Waals surface area (Å²) in [6.07, 6.45) is 5.71. The van der Waals surface area contributed by atoms with Crippen LogP contribution in [0.15, 0.2) is 29.3 Å². The van der Waals surface area contributed by atoms with Gasteiger partial charge in [-0.25, -0.2) is 0 Å². The molecular formula is C8H11NOS. The number of rotatable bonds is 3. The lowest BCUT2D eigenvalue weighted by Crippen LogP contribution is -2.04. The van der Waals surface area contributed by atoms with Crippen LogP contribution in [0.4, 0.5) is 0 Å². The van der Waals surface area contributed by atoms with Crippen LogP contribution in [0.5, 0.6) is 0 Å². The predicted molar refractivity (Wildman–Crippen MR) is 49.1 cm³/mol. The summed E-state index contributed by atoms with van der Waals surface area (Å²) in [5.41, 5.74) is 0.0744. The zero-order chi connectivity index (χ0) is 8.10. The van der Waals surface area contributed by atoms with E-state index in [0.29, 0.717) is 0 Å². The van der Waals surface area contributed by atoms with Gasteiger partial charge in [-0.05, 0) is 6.26 Å². The van der Waals surface area contributed by atoms with Gasteiger partial charge in [0.1, 0.15) is 0 Å². The standard InChI is InChI=1S/C8H11NOS/c1-11-7-6-9-4-2-8(10)3-5-9/h2-5H,6-7H2,1H3. The first-order chi connectivity index (χ1) is 5.33. The van der Waals surface area contributed by atoms with E-state index in [1.165, 1.54) is 0 Å². The van der Waals surface area contributed by atoms with Crippen LogP contribution in [-0.2, 0) is 6.54 Å². The highest BCUT2D eigenvalue weighted by Crippen LogP contribution is 1.93. The molecule has 3 heteroatoms. The highest BCUT2D eigenvalue weighted by molar-refractivity contribution is 7.98. The van der Waals surface area contributed by atoms with E-state index in [0.717, 1.165) is 12.3 Å². The van der Waals surface area contributed by atoms with Gasteiger partial charge < -0.3 is 4.57 Å². The van der Waals surface area contributed by atoms with Gasteiger partial charge in [-0.3, -0.25) is 4.79 Å². The fourth-order valence-electron chi connectivity index (χ4n) is 0.789. The molecule has 0 unspecified atom stereocenters. The van der Waals surface area contributed by atoms with Crippen molar-refractivity contribution in [1.82, 2.24) is 4.57 Å². The SMILES string of the molecule is CSCCn1ccc(=O)cc1. The van der Waals surface area contributed by atoms with Gasteiger partial charge in [-0.15, -0.1) is 0 Å². The zero-order valence-corrected chi connectivity index (χ0v) is 7.30. The molecule has 0 aromatic carbocycles. The van der Waals surface area contributed by atoms with Crippen LogP contribution < -0.4 is 5.43 Å². The summed E-state index contributed by atoms with van der Waals surface area (Å²) in [5.74, 6) is 1.09. The van der Waals surface area contributed by atoms with Crippen molar-refractivity contribution in [3.05, 3.63) is 34.7 Å². The van der Waals surface area contributed by atoms with Gasteiger partial charge in [0.15, 0.2) is 5.43 Å². The highest BCUT2D eigenvalue weighted by atomic mass is 32.2. The molecular weight excluding hydrogens is 158 g/mol. The normalized spacial score (nSPS) is 9.91. The summed E-state index contributed by atoms with van der Waals surface area (Å²) in [7, 11) is 0. The van der Waals surface area contributed by atoms with E-state index < -0.39 is 0 Å². The van der Waals surface area contributed by atoms with Crippen molar-refractivity contribution in [2.75, 3.05) is 12.0 Å². The average Bonchev–Trinajstić information content (AvgIpc) is 2.04. The summed E-state index contributed by atoms with van der Waals surface area (Å²) in [5, 5.41) is 0. The first-order valence-electron chi connectivity index (χ1n) is 3.48. The Kier molecular flexibility index (Phi) is 3.23. The minimum Gasteiger partial charge on any atom is -0.353 e. The highest BCUT2D eigenvalue weighted by Gasteiger charge is 1.86. The maximum Gasteiger partial charge on any atom is 0.181 e. The number of thioether (sulfide) groups is 1. The Bertz CT molecular complexity index is 249. The van der Waals surface area contributed by atoms with Crippen LogP contribution in [0, 0.1) is 0 Å². The summed E-state index contributed by atoms with van der Waals surface area (Å²) in [4.78, 5) is 10.7. The molecule has 2 nitrogen and oxygen atoms in total. The summed E-state index contributed by atoms with van der Waals surface area (Å²) in [6.45, 7) is 0.974. The number of hydrogen-bond acceptors (Lipinski definition) is 2. The van der Waals surface area contributed by atoms with Crippen LogP contribution in [0.1, 0.15) is 0 Å². The minimum atomic E-state index is 0.0744. The Morgan fingerprint density at radius 3 is 2.64 bits per heavy atom. The number of aryl methyl sites for hydroxylation is 1. The fraction of sp³-hybridized carbons (Fsp3) is 0.375. The Morgan fingerprint density at radius 2 is 2.09 bits per heavy atom. The van der Waals surface area contributed by atoms with Crippen molar-refractivity contribution in [2.45, 2.75) is 6.54 Å². The van der Waals surface area contributed by atoms with Gasteiger partial charge in [-0.2, -0.15) is 11.8 Å². The van der Waals surface area contributed by atoms with Crippen LogP contribution in [-0.4, -0.2) is 16.6 Å². The molecule has 0 bridgehead atoms. The maximum absolute atomic E-state index is 10.7. The second-order valence-corrected chi connectivity index (χ2v) is 3.25. The van der Waals surface area contributed by atoms with E-state index in [4.69, 9.17) is 0 Å². The Labute approximate surface area is 70.2 Å². The van der Waals surface area contributed by atoms with Crippen molar-refractivity contribution >= 4 is 11.8 Å². The van der Waals surface area contributed by atoms with Gasteiger partial charge in [0.05, 0.1) is 0 Å². The molecule has 0 aliphatic carbocycles. The average molecular weight is 169 g/mol. The van der Waals surface area contributed by atoms with E-state index >= 15 is 0 Å². The van der Waals surface area contributed by atoms with E-state index in [1.54, 1.807) is 23.9 Å². The lowest BCUT2D eigenvalue weighted by molar-refractivity contribution is 0.763. The third-order valence-electron chi connectivity index (χ3n) is 1.41. The van der Waals surface area contributed by atoms with Crippen molar-refractivity contribution in [1.29, 1.82) is 0 Å². The number of hydrogen-bond donors (Lipinski definition) is 0. The molecule has 0 atom stereocenters. The van der Waals surface area contributed by atoms with Gasteiger partial charge in [0.25, 0.3) is 0 Å². The fourth-order valence-corrected chi connectivity index (χ4v) is 1.18. The third kappa shape index (κ3) is 2.80. The Morgan fingerprint density at radius 1 is 1.45 bits per heavy atom. The monoisotopic (exact) mass is 169 g/mol. The largest absolute Gasteiger partial charge is 0.353 e. The number of pyridine rings is 1. The van der Waals surface area contributed by atoms with E-state index in [2.05, 4.69) is 6.26 Å². The van der Waals surface area contributed by atoms with E-state index in [-0.39, 0.29) is 5.43 Å². The second-order valence-electron chi connectivity index (χ2n) is 2.26. The molecule has 1 rings (SSSR count). The molecule has 0 amide bonds. The summed E-state index contributed by atoms with van der Waals surface area (Å²) in [6, 6.07) is 3.17. The van der Waals surface area contributed by atoms with E-state index in [9.17, 15) is 4.79 Å². The molecule has 0 saturated heterocycles. The zero-order valence-electron chi connectivity index (χ0n) is 6.49. The summed E-state index contributed by atoms with van der Waals surface area (Å²) < 4.78 is 2.01. The lowest BCUT2D eigenvalue weighted by atomic mass is 10.5. The minimum absolute atomic E-state index is 0.0744. The van der Waals surface area contributed by atoms with Crippen molar-refractivity contribution in [3.8, 4) is 0 Å². The first kappa shape index (κ1) is 8.40. The van der Waals surface area contributed by atoms with Crippen LogP contribution in [0.2, 0.25) is 0 Å². The Hall–Kier alpha value is -0.700. The molecule has 0 fully saturated rings. The lowest BCUT2D eigenvalue weighted by Gasteiger charge is -2.02. The Balaban J connectivity index is 2.59. The molecule has 60 valence electrons. The third-order valence-corrected chi connectivity index (χ3v) is 2.00. The molecule has 0 radical (unpaired) electrons. The van der Waals surface area contributed by atoms with Gasteiger partial charge in [0, 0.05) is 36.8 Å². The quantitative estimate of drug-likeness (QED) is 0.678. The molecule has 1 aromatic rings. The number of nitrogens with zero attached hydrogens (tertiary/aromatic N) is 1. The van der Waals surface area contributed by atoms with Crippen molar-refractivity contribution < 1.29 is 0 Å². The number of aromatic nitrogens is 1. The summed E-state index contributed by atoms with van der Waals surface area (Å²) >= 11 is 1.80. The predicted octanol–water partition coefficient (Wildman–Crippen LogP) is 1.21. The van der Waals surface area contributed by atoms with Crippen molar-refractivity contribution in [3.63, 3.8) is 0 Å². The maximum atomic E-state index is 10.7. The molecule has 0 aliphatic rings. The molecule has 0 saturated carbocycles. The topological polar surface area (TPSA) is 22.0 Å². The van der Waals surface area contributed by atoms with Gasteiger partial charge >= 0.3 is 0 Å². The smallest absolute Gasteiger partial charge is 0.181 e. The van der Waals surface area contributed by atoms with E-state index in [1.807, 2.05) is 17.0 Å².